The van der Waals surface area contributed by atoms with Gasteiger partial charge in [0.05, 0.1) is 26.5 Å². The largest absolute Gasteiger partial charge is 0.497 e. The number of rotatable bonds is 6. The molecule has 1 atom stereocenters. The van der Waals surface area contributed by atoms with Crippen LogP contribution in [0.5, 0.6) is 11.5 Å². The molecule has 0 fully saturated rings. The van der Waals surface area contributed by atoms with Gasteiger partial charge in [0.25, 0.3) is 5.91 Å². The van der Waals surface area contributed by atoms with E-state index >= 15 is 0 Å². The van der Waals surface area contributed by atoms with Gasteiger partial charge in [0.2, 0.25) is 5.76 Å². The SMILES string of the molecule is COc1ccc(OC)c(C(C)NC(=O)c2cc(-c3cnn(C)c3C)no2)c1. The van der Waals surface area contributed by atoms with E-state index < -0.39 is 0 Å². The molecule has 0 aliphatic rings. The Morgan fingerprint density at radius 3 is 2.67 bits per heavy atom. The molecule has 0 aliphatic heterocycles. The second kappa shape index (κ2) is 7.53. The fraction of sp³-hybridized carbons (Fsp3) is 0.316. The molecule has 0 aliphatic carbocycles. The van der Waals surface area contributed by atoms with E-state index in [0.29, 0.717) is 17.2 Å². The van der Waals surface area contributed by atoms with E-state index in [4.69, 9.17) is 14.0 Å². The predicted octanol–water partition coefficient (Wildman–Crippen LogP) is 2.89. The van der Waals surface area contributed by atoms with Crippen molar-refractivity contribution in [3.05, 3.63) is 47.5 Å². The number of nitrogens with zero attached hydrogens (tertiary/aromatic N) is 3. The molecule has 3 rings (SSSR count). The van der Waals surface area contributed by atoms with Crippen LogP contribution in [0.1, 0.15) is 34.8 Å². The van der Waals surface area contributed by atoms with Crippen molar-refractivity contribution in [2.45, 2.75) is 19.9 Å². The Morgan fingerprint density at radius 2 is 2.04 bits per heavy atom. The van der Waals surface area contributed by atoms with Crippen LogP contribution >= 0.6 is 0 Å². The maximum Gasteiger partial charge on any atom is 0.290 e. The van der Waals surface area contributed by atoms with Crippen molar-refractivity contribution in [1.82, 2.24) is 20.3 Å². The lowest BCUT2D eigenvalue weighted by Crippen LogP contribution is -2.26. The molecule has 0 spiro atoms. The van der Waals surface area contributed by atoms with Crippen LogP contribution in [0.25, 0.3) is 11.3 Å². The number of carbonyl (C=O) groups is 1. The number of aryl methyl sites for hydroxylation is 1. The van der Waals surface area contributed by atoms with Gasteiger partial charge >= 0.3 is 0 Å². The molecule has 0 radical (unpaired) electrons. The van der Waals surface area contributed by atoms with Crippen molar-refractivity contribution in [3.8, 4) is 22.8 Å². The van der Waals surface area contributed by atoms with Crippen LogP contribution in [0, 0.1) is 6.92 Å². The molecule has 2 aromatic heterocycles. The van der Waals surface area contributed by atoms with Crippen LogP contribution in [0.4, 0.5) is 0 Å². The highest BCUT2D eigenvalue weighted by Gasteiger charge is 2.20. The van der Waals surface area contributed by atoms with Gasteiger partial charge < -0.3 is 19.3 Å². The molecule has 27 heavy (non-hydrogen) atoms. The van der Waals surface area contributed by atoms with E-state index in [1.807, 2.05) is 27.0 Å². The third-order valence-corrected chi connectivity index (χ3v) is 4.50. The van der Waals surface area contributed by atoms with Gasteiger partial charge in [-0.15, -0.1) is 0 Å². The fourth-order valence-corrected chi connectivity index (χ4v) is 2.78. The highest BCUT2D eigenvalue weighted by atomic mass is 16.5. The Kier molecular flexibility index (Phi) is 5.16. The molecule has 1 N–H and O–H groups in total. The molecule has 0 saturated carbocycles. The first-order valence-electron chi connectivity index (χ1n) is 8.43. The molecular weight excluding hydrogens is 348 g/mol. The van der Waals surface area contributed by atoms with Gasteiger partial charge in [-0.1, -0.05) is 5.16 Å². The lowest BCUT2D eigenvalue weighted by molar-refractivity contribution is 0.0902. The number of methoxy groups -OCH3 is 2. The standard InChI is InChI=1S/C19H22N4O4/c1-11(14-8-13(25-4)6-7-17(14)26-5)21-19(24)18-9-16(22-27-18)15-10-20-23(3)12(15)2/h6-11H,1-5H3,(H,21,24). The summed E-state index contributed by atoms with van der Waals surface area (Å²) in [5, 5.41) is 11.1. The number of aromatic nitrogens is 3. The van der Waals surface area contributed by atoms with Crippen molar-refractivity contribution in [2.24, 2.45) is 7.05 Å². The Hall–Kier alpha value is -3.29. The highest BCUT2D eigenvalue weighted by Crippen LogP contribution is 2.29. The van der Waals surface area contributed by atoms with E-state index in [9.17, 15) is 4.79 Å². The summed E-state index contributed by atoms with van der Waals surface area (Å²) < 4.78 is 17.6. The Labute approximate surface area is 157 Å². The lowest BCUT2D eigenvalue weighted by atomic mass is 10.1. The summed E-state index contributed by atoms with van der Waals surface area (Å²) in [6.45, 7) is 3.78. The van der Waals surface area contributed by atoms with Crippen molar-refractivity contribution >= 4 is 5.91 Å². The van der Waals surface area contributed by atoms with Crippen LogP contribution in [-0.4, -0.2) is 35.1 Å². The first-order valence-corrected chi connectivity index (χ1v) is 8.43. The summed E-state index contributed by atoms with van der Waals surface area (Å²) in [7, 11) is 5.01. The van der Waals surface area contributed by atoms with E-state index in [0.717, 1.165) is 16.8 Å². The Morgan fingerprint density at radius 1 is 1.26 bits per heavy atom. The zero-order valence-electron chi connectivity index (χ0n) is 15.9. The number of amides is 1. The third-order valence-electron chi connectivity index (χ3n) is 4.50. The smallest absolute Gasteiger partial charge is 0.290 e. The van der Waals surface area contributed by atoms with Gasteiger partial charge in [-0.3, -0.25) is 9.48 Å². The zero-order chi connectivity index (χ0) is 19.6. The maximum absolute atomic E-state index is 12.6. The normalized spacial score (nSPS) is 11.9. The maximum atomic E-state index is 12.6. The quantitative estimate of drug-likeness (QED) is 0.717. The minimum Gasteiger partial charge on any atom is -0.497 e. The molecule has 3 aromatic rings. The van der Waals surface area contributed by atoms with Crippen molar-refractivity contribution in [3.63, 3.8) is 0 Å². The monoisotopic (exact) mass is 370 g/mol. The zero-order valence-corrected chi connectivity index (χ0v) is 15.9. The number of hydrogen-bond donors (Lipinski definition) is 1. The van der Waals surface area contributed by atoms with Crippen LogP contribution in [-0.2, 0) is 7.05 Å². The molecule has 1 unspecified atom stereocenters. The number of ether oxygens (including phenoxy) is 2. The van der Waals surface area contributed by atoms with Crippen molar-refractivity contribution < 1.29 is 18.8 Å². The van der Waals surface area contributed by atoms with E-state index in [1.54, 1.807) is 43.3 Å². The second-order valence-corrected chi connectivity index (χ2v) is 6.15. The summed E-state index contributed by atoms with van der Waals surface area (Å²) in [4.78, 5) is 12.6. The summed E-state index contributed by atoms with van der Waals surface area (Å²) >= 11 is 0. The van der Waals surface area contributed by atoms with Gasteiger partial charge in [0.1, 0.15) is 17.2 Å². The summed E-state index contributed by atoms with van der Waals surface area (Å²) in [5.74, 6) is 1.10. The number of nitrogens with one attached hydrogen (secondary N) is 1. The van der Waals surface area contributed by atoms with E-state index in [2.05, 4.69) is 15.6 Å². The highest BCUT2D eigenvalue weighted by molar-refractivity contribution is 5.92. The summed E-state index contributed by atoms with van der Waals surface area (Å²) in [6, 6.07) is 6.71. The topological polar surface area (TPSA) is 91.4 Å². The van der Waals surface area contributed by atoms with Crippen molar-refractivity contribution in [2.75, 3.05) is 14.2 Å². The van der Waals surface area contributed by atoms with Gasteiger partial charge in [0.15, 0.2) is 0 Å². The average Bonchev–Trinajstić information content (AvgIpc) is 3.28. The second-order valence-electron chi connectivity index (χ2n) is 6.15. The number of benzene rings is 1. The minimum atomic E-state index is -0.368. The first kappa shape index (κ1) is 18.5. The molecule has 0 bridgehead atoms. The van der Waals surface area contributed by atoms with Gasteiger partial charge in [-0.2, -0.15) is 5.10 Å². The molecule has 2 heterocycles. The van der Waals surface area contributed by atoms with Crippen LogP contribution in [0.2, 0.25) is 0 Å². The van der Waals surface area contributed by atoms with Crippen molar-refractivity contribution in [1.29, 1.82) is 0 Å². The first-order chi connectivity index (χ1) is 12.9. The van der Waals surface area contributed by atoms with Gasteiger partial charge in [-0.25, -0.2) is 0 Å². The molecule has 8 heteroatoms. The molecule has 1 aromatic carbocycles. The van der Waals surface area contributed by atoms with Gasteiger partial charge in [0, 0.05) is 29.9 Å². The molecule has 0 saturated heterocycles. The number of hydrogen-bond acceptors (Lipinski definition) is 6. The van der Waals surface area contributed by atoms with Crippen LogP contribution in [0.3, 0.4) is 0 Å². The molecular formula is C19H22N4O4. The fourth-order valence-electron chi connectivity index (χ4n) is 2.78. The Balaban J connectivity index is 1.79. The van der Waals surface area contributed by atoms with Crippen LogP contribution < -0.4 is 14.8 Å². The molecule has 8 nitrogen and oxygen atoms in total. The summed E-state index contributed by atoms with van der Waals surface area (Å²) in [6.07, 6.45) is 1.69. The molecule has 1 amide bonds. The van der Waals surface area contributed by atoms with Gasteiger partial charge in [-0.05, 0) is 32.0 Å². The predicted molar refractivity (Wildman–Crippen MR) is 98.9 cm³/mol. The summed E-state index contributed by atoms with van der Waals surface area (Å²) in [5.41, 5.74) is 3.12. The molecule has 142 valence electrons. The lowest BCUT2D eigenvalue weighted by Gasteiger charge is -2.17. The third kappa shape index (κ3) is 3.64. The van der Waals surface area contributed by atoms with Crippen LogP contribution in [0.15, 0.2) is 35.0 Å². The minimum absolute atomic E-state index is 0.127. The van der Waals surface area contributed by atoms with E-state index in [1.165, 1.54) is 0 Å². The number of carbonyl (C=O) groups excluding carboxylic acids is 1. The van der Waals surface area contributed by atoms with E-state index in [-0.39, 0.29) is 17.7 Å². The average molecular weight is 370 g/mol. The Bertz CT molecular complexity index is 961.